The first-order chi connectivity index (χ1) is 10.8. The van der Waals surface area contributed by atoms with Gasteiger partial charge in [0, 0.05) is 26.2 Å². The molecule has 0 aliphatic carbocycles. The summed E-state index contributed by atoms with van der Waals surface area (Å²) in [6.45, 7) is 9.01. The van der Waals surface area contributed by atoms with Crippen molar-refractivity contribution in [2.24, 2.45) is 5.92 Å². The van der Waals surface area contributed by atoms with Gasteiger partial charge in [0.2, 0.25) is 15.9 Å². The second-order valence-electron chi connectivity index (χ2n) is 5.87. The molecule has 7 nitrogen and oxygen atoms in total. The first-order valence-electron chi connectivity index (χ1n) is 8.04. The van der Waals surface area contributed by atoms with Gasteiger partial charge in [-0.05, 0) is 40.5 Å². The maximum absolute atomic E-state index is 12.9. The molecule has 0 bridgehead atoms. The van der Waals surface area contributed by atoms with E-state index >= 15 is 0 Å². The minimum absolute atomic E-state index is 0.0358. The van der Waals surface area contributed by atoms with Gasteiger partial charge in [-0.15, -0.1) is 0 Å². The van der Waals surface area contributed by atoms with Crippen LogP contribution in [0, 0.1) is 19.8 Å². The van der Waals surface area contributed by atoms with E-state index in [1.165, 1.54) is 4.31 Å². The summed E-state index contributed by atoms with van der Waals surface area (Å²) in [5, 5.41) is 3.73. The molecule has 1 unspecified atom stereocenters. The summed E-state index contributed by atoms with van der Waals surface area (Å²) in [5.41, 5.74) is 0.361. The standard InChI is InChI=1S/C15H25N3O4S/c1-5-17(6-2)15(19)13-8-7-9-18(10-13)23(20,21)14-11(3)16-22-12(14)4/h13H,5-10H2,1-4H3. The van der Waals surface area contributed by atoms with Crippen molar-refractivity contribution in [1.82, 2.24) is 14.4 Å². The molecule has 0 spiro atoms. The summed E-state index contributed by atoms with van der Waals surface area (Å²) in [4.78, 5) is 14.4. The molecule has 1 aromatic heterocycles. The lowest BCUT2D eigenvalue weighted by molar-refractivity contribution is -0.136. The van der Waals surface area contributed by atoms with E-state index in [1.807, 2.05) is 13.8 Å². The molecule has 0 aromatic carbocycles. The van der Waals surface area contributed by atoms with Gasteiger partial charge < -0.3 is 9.42 Å². The molecule has 23 heavy (non-hydrogen) atoms. The van der Waals surface area contributed by atoms with Crippen molar-refractivity contribution in [2.45, 2.75) is 45.4 Å². The molecule has 0 saturated carbocycles. The summed E-state index contributed by atoms with van der Waals surface area (Å²) < 4.78 is 32.1. The molecular formula is C15H25N3O4S. The number of sulfonamides is 1. The molecular weight excluding hydrogens is 318 g/mol. The van der Waals surface area contributed by atoms with Crippen molar-refractivity contribution < 1.29 is 17.7 Å². The Kier molecular flexibility index (Phi) is 5.46. The lowest BCUT2D eigenvalue weighted by atomic mass is 9.98. The van der Waals surface area contributed by atoms with E-state index in [4.69, 9.17) is 4.52 Å². The number of nitrogens with zero attached hydrogens (tertiary/aromatic N) is 3. The number of rotatable bonds is 5. The number of aryl methyl sites for hydroxylation is 2. The minimum Gasteiger partial charge on any atom is -0.360 e. The Morgan fingerprint density at radius 1 is 1.35 bits per heavy atom. The van der Waals surface area contributed by atoms with Crippen LogP contribution in [0.15, 0.2) is 9.42 Å². The average molecular weight is 343 g/mol. The molecule has 1 aromatic rings. The Bertz CT molecular complexity index is 645. The highest BCUT2D eigenvalue weighted by Gasteiger charge is 2.37. The third-order valence-electron chi connectivity index (χ3n) is 4.37. The van der Waals surface area contributed by atoms with Crippen molar-refractivity contribution in [3.05, 3.63) is 11.5 Å². The number of hydrogen-bond acceptors (Lipinski definition) is 5. The van der Waals surface area contributed by atoms with Crippen molar-refractivity contribution in [1.29, 1.82) is 0 Å². The Balaban J connectivity index is 2.23. The van der Waals surface area contributed by atoms with Crippen LogP contribution in [-0.4, -0.2) is 54.9 Å². The van der Waals surface area contributed by atoms with Gasteiger partial charge in [0.05, 0.1) is 5.92 Å². The van der Waals surface area contributed by atoms with Gasteiger partial charge >= 0.3 is 0 Å². The third kappa shape index (κ3) is 3.42. The number of amides is 1. The second kappa shape index (κ2) is 7.00. The maximum atomic E-state index is 12.9. The van der Waals surface area contributed by atoms with Crippen LogP contribution < -0.4 is 0 Å². The predicted molar refractivity (Wildman–Crippen MR) is 85.4 cm³/mol. The normalized spacial score (nSPS) is 19.7. The maximum Gasteiger partial charge on any atom is 0.248 e. The van der Waals surface area contributed by atoms with Crippen molar-refractivity contribution in [3.63, 3.8) is 0 Å². The number of aromatic nitrogens is 1. The van der Waals surface area contributed by atoms with E-state index in [9.17, 15) is 13.2 Å². The zero-order chi connectivity index (χ0) is 17.2. The molecule has 1 amide bonds. The molecule has 1 aliphatic rings. The van der Waals surface area contributed by atoms with E-state index in [2.05, 4.69) is 5.16 Å². The van der Waals surface area contributed by atoms with Crippen LogP contribution in [0.2, 0.25) is 0 Å². The zero-order valence-electron chi connectivity index (χ0n) is 14.2. The molecule has 1 atom stereocenters. The van der Waals surface area contributed by atoms with Crippen molar-refractivity contribution >= 4 is 15.9 Å². The molecule has 1 fully saturated rings. The second-order valence-corrected chi connectivity index (χ2v) is 7.74. The fourth-order valence-corrected chi connectivity index (χ4v) is 4.94. The highest BCUT2D eigenvalue weighted by Crippen LogP contribution is 2.28. The first kappa shape index (κ1) is 17.9. The Labute approximate surface area is 137 Å². The number of carbonyl (C=O) groups is 1. The van der Waals surface area contributed by atoms with Gasteiger partial charge in [-0.2, -0.15) is 4.31 Å². The molecule has 2 rings (SSSR count). The third-order valence-corrected chi connectivity index (χ3v) is 6.48. The number of piperidine rings is 1. The van der Waals surface area contributed by atoms with Gasteiger partial charge in [-0.1, -0.05) is 5.16 Å². The fraction of sp³-hybridized carbons (Fsp3) is 0.733. The average Bonchev–Trinajstić information content (AvgIpc) is 2.88. The van der Waals surface area contributed by atoms with Crippen LogP contribution in [0.25, 0.3) is 0 Å². The molecule has 1 aliphatic heterocycles. The number of hydrogen-bond donors (Lipinski definition) is 0. The van der Waals surface area contributed by atoms with Gasteiger partial charge in [0.1, 0.15) is 10.6 Å². The van der Waals surface area contributed by atoms with Crippen LogP contribution >= 0.6 is 0 Å². The Morgan fingerprint density at radius 3 is 2.52 bits per heavy atom. The van der Waals surface area contributed by atoms with Crippen LogP contribution in [0.5, 0.6) is 0 Å². The van der Waals surface area contributed by atoms with E-state index in [0.717, 1.165) is 6.42 Å². The van der Waals surface area contributed by atoms with E-state index < -0.39 is 10.0 Å². The van der Waals surface area contributed by atoms with Crippen LogP contribution in [0.1, 0.15) is 38.1 Å². The quantitative estimate of drug-likeness (QED) is 0.810. The Hall–Kier alpha value is -1.41. The van der Waals surface area contributed by atoms with Crippen LogP contribution in [0.4, 0.5) is 0 Å². The van der Waals surface area contributed by atoms with Crippen LogP contribution in [-0.2, 0) is 14.8 Å². The number of carbonyl (C=O) groups excluding carboxylic acids is 1. The van der Waals surface area contributed by atoms with Crippen molar-refractivity contribution in [2.75, 3.05) is 26.2 Å². The largest absolute Gasteiger partial charge is 0.360 e. The molecule has 0 radical (unpaired) electrons. The highest BCUT2D eigenvalue weighted by molar-refractivity contribution is 7.89. The molecule has 130 valence electrons. The van der Waals surface area contributed by atoms with Gasteiger partial charge in [0.15, 0.2) is 5.76 Å². The van der Waals surface area contributed by atoms with E-state index in [0.29, 0.717) is 37.5 Å². The SMILES string of the molecule is CCN(CC)C(=O)C1CCCN(S(=O)(=O)c2c(C)noc2C)C1. The van der Waals surface area contributed by atoms with Gasteiger partial charge in [-0.25, -0.2) is 8.42 Å². The highest BCUT2D eigenvalue weighted by atomic mass is 32.2. The summed E-state index contributed by atoms with van der Waals surface area (Å²) in [5.74, 6) is 0.0484. The fourth-order valence-electron chi connectivity index (χ4n) is 3.13. The Morgan fingerprint density at radius 2 is 2.00 bits per heavy atom. The lowest BCUT2D eigenvalue weighted by Crippen LogP contribution is -2.46. The van der Waals surface area contributed by atoms with Gasteiger partial charge in [0.25, 0.3) is 0 Å². The molecule has 8 heteroatoms. The first-order valence-corrected chi connectivity index (χ1v) is 9.48. The monoisotopic (exact) mass is 343 g/mol. The van der Waals surface area contributed by atoms with Crippen molar-refractivity contribution in [3.8, 4) is 0 Å². The molecule has 1 saturated heterocycles. The van der Waals surface area contributed by atoms with Gasteiger partial charge in [-0.3, -0.25) is 4.79 Å². The summed E-state index contributed by atoms with van der Waals surface area (Å²) >= 11 is 0. The van der Waals surface area contributed by atoms with E-state index in [1.54, 1.807) is 18.7 Å². The minimum atomic E-state index is -3.68. The zero-order valence-corrected chi connectivity index (χ0v) is 15.0. The summed E-state index contributed by atoms with van der Waals surface area (Å²) in [6.07, 6.45) is 1.41. The predicted octanol–water partition coefficient (Wildman–Crippen LogP) is 1.56. The molecule has 0 N–H and O–H groups in total. The topological polar surface area (TPSA) is 83.7 Å². The molecule has 2 heterocycles. The van der Waals surface area contributed by atoms with E-state index in [-0.39, 0.29) is 23.3 Å². The summed E-state index contributed by atoms with van der Waals surface area (Å²) in [7, 11) is -3.68. The lowest BCUT2D eigenvalue weighted by Gasteiger charge is -2.33. The van der Waals surface area contributed by atoms with Crippen LogP contribution in [0.3, 0.4) is 0 Å². The smallest absolute Gasteiger partial charge is 0.248 e. The summed E-state index contributed by atoms with van der Waals surface area (Å²) in [6, 6.07) is 0.